The Morgan fingerprint density at radius 1 is 1.25 bits per heavy atom. The Labute approximate surface area is 176 Å². The van der Waals surface area contributed by atoms with Gasteiger partial charge in [0.2, 0.25) is 5.95 Å². The van der Waals surface area contributed by atoms with Gasteiger partial charge < -0.3 is 10.2 Å². The molecule has 0 atom stereocenters. The third kappa shape index (κ3) is 6.69. The maximum absolute atomic E-state index is 12.2. The summed E-state index contributed by atoms with van der Waals surface area (Å²) >= 11 is 5.12. The lowest BCUT2D eigenvalue weighted by molar-refractivity contribution is 0.401. The maximum atomic E-state index is 12.2. The topological polar surface area (TPSA) is 86.8 Å². The Morgan fingerprint density at radius 2 is 2.14 bits per heavy atom. The molecule has 0 radical (unpaired) electrons. The average Bonchev–Trinajstić information content (AvgIpc) is 3.32. The first-order valence-electron chi connectivity index (χ1n) is 8.95. The van der Waals surface area contributed by atoms with Gasteiger partial charge in [-0.1, -0.05) is 0 Å². The number of thiazole rings is 2. The van der Waals surface area contributed by atoms with Crippen LogP contribution in [0.3, 0.4) is 0 Å². The number of hydrogen-bond acceptors (Lipinski definition) is 9. The van der Waals surface area contributed by atoms with E-state index in [9.17, 15) is 4.79 Å². The number of anilines is 1. The van der Waals surface area contributed by atoms with Gasteiger partial charge in [0.25, 0.3) is 5.56 Å². The van der Waals surface area contributed by atoms with Crippen LogP contribution in [0.5, 0.6) is 0 Å². The van der Waals surface area contributed by atoms with E-state index >= 15 is 0 Å². The molecule has 0 aliphatic carbocycles. The molecule has 0 aliphatic rings. The van der Waals surface area contributed by atoms with E-state index in [2.05, 4.69) is 49.6 Å². The van der Waals surface area contributed by atoms with Gasteiger partial charge in [0.05, 0.1) is 16.9 Å². The first kappa shape index (κ1) is 21.0. The summed E-state index contributed by atoms with van der Waals surface area (Å²) in [6, 6.07) is 0. The number of rotatable bonds is 11. The molecule has 3 rings (SSSR count). The van der Waals surface area contributed by atoms with Gasteiger partial charge in [-0.15, -0.1) is 22.7 Å². The summed E-state index contributed by atoms with van der Waals surface area (Å²) in [6.07, 6.45) is 3.13. The number of nitrogens with one attached hydrogen (secondary N) is 2. The van der Waals surface area contributed by atoms with Crippen LogP contribution in [0.2, 0.25) is 0 Å². The van der Waals surface area contributed by atoms with Gasteiger partial charge in [0, 0.05) is 47.8 Å². The molecule has 150 valence electrons. The van der Waals surface area contributed by atoms with Gasteiger partial charge in [-0.2, -0.15) is 11.8 Å². The highest BCUT2D eigenvalue weighted by atomic mass is 32.2. The fourth-order valence-corrected chi connectivity index (χ4v) is 4.90. The normalized spacial score (nSPS) is 11.2. The van der Waals surface area contributed by atoms with Gasteiger partial charge in [-0.25, -0.2) is 15.0 Å². The largest absolute Gasteiger partial charge is 0.356 e. The summed E-state index contributed by atoms with van der Waals surface area (Å²) in [6.45, 7) is 1.66. The average molecular weight is 437 g/mol. The molecular weight excluding hydrogens is 412 g/mol. The number of H-pyrrole nitrogens is 1. The van der Waals surface area contributed by atoms with E-state index in [1.807, 2.05) is 17.1 Å². The van der Waals surface area contributed by atoms with Crippen LogP contribution in [0.1, 0.15) is 28.4 Å². The van der Waals surface area contributed by atoms with Crippen molar-refractivity contribution in [2.75, 3.05) is 31.7 Å². The predicted molar refractivity (Wildman–Crippen MR) is 119 cm³/mol. The fraction of sp³-hybridized carbons (Fsp3) is 0.444. The van der Waals surface area contributed by atoms with Gasteiger partial charge in [0.1, 0.15) is 5.01 Å². The predicted octanol–water partition coefficient (Wildman–Crippen LogP) is 3.07. The Bertz CT molecular complexity index is 906. The molecular formula is C18H24N6OS3. The minimum Gasteiger partial charge on any atom is -0.356 e. The van der Waals surface area contributed by atoms with Crippen molar-refractivity contribution in [1.82, 2.24) is 24.8 Å². The molecule has 0 bridgehead atoms. The lowest BCUT2D eigenvalue weighted by atomic mass is 10.2. The molecule has 0 spiro atoms. The summed E-state index contributed by atoms with van der Waals surface area (Å²) in [5.41, 5.74) is 4.33. The van der Waals surface area contributed by atoms with E-state index in [1.165, 1.54) is 11.3 Å². The highest BCUT2D eigenvalue weighted by Crippen LogP contribution is 2.17. The summed E-state index contributed by atoms with van der Waals surface area (Å²) < 4.78 is 0. The van der Waals surface area contributed by atoms with Crippen molar-refractivity contribution in [3.8, 4) is 0 Å². The Hall–Kier alpha value is -1.75. The van der Waals surface area contributed by atoms with E-state index in [1.54, 1.807) is 23.0 Å². The van der Waals surface area contributed by atoms with Crippen LogP contribution in [0.15, 0.2) is 27.3 Å². The Morgan fingerprint density at radius 3 is 2.89 bits per heavy atom. The molecule has 3 aromatic heterocycles. The fourth-order valence-electron chi connectivity index (χ4n) is 2.47. The molecule has 0 saturated carbocycles. The molecule has 28 heavy (non-hydrogen) atoms. The summed E-state index contributed by atoms with van der Waals surface area (Å²) in [4.78, 5) is 30.2. The Balaban J connectivity index is 1.34. The van der Waals surface area contributed by atoms with Crippen molar-refractivity contribution in [3.05, 3.63) is 54.8 Å². The second-order valence-electron chi connectivity index (χ2n) is 6.55. The van der Waals surface area contributed by atoms with Gasteiger partial charge in [0.15, 0.2) is 0 Å². The first-order chi connectivity index (χ1) is 13.6. The zero-order valence-electron chi connectivity index (χ0n) is 16.0. The molecule has 0 fully saturated rings. The van der Waals surface area contributed by atoms with Crippen LogP contribution in [-0.4, -0.2) is 51.2 Å². The third-order valence-electron chi connectivity index (χ3n) is 3.79. The van der Waals surface area contributed by atoms with Crippen molar-refractivity contribution < 1.29 is 0 Å². The second kappa shape index (κ2) is 10.7. The molecule has 0 saturated heterocycles. The second-order valence-corrected chi connectivity index (χ2v) is 9.31. The zero-order chi connectivity index (χ0) is 19.8. The van der Waals surface area contributed by atoms with Gasteiger partial charge in [-0.3, -0.25) is 9.78 Å². The van der Waals surface area contributed by atoms with Crippen LogP contribution in [-0.2, 0) is 18.7 Å². The van der Waals surface area contributed by atoms with Crippen molar-refractivity contribution in [1.29, 1.82) is 0 Å². The Kier molecular flexibility index (Phi) is 8.01. The standard InChI is InChI=1S/C18H24N6OS3/c1-24(2)8-16-22-15(11-28-16)10-26-5-3-4-19-18-20-7-13(17(25)23-18)6-14-9-27-12-21-14/h7,9,11-12H,3-6,8,10H2,1-2H3,(H2,19,20,23,25). The van der Waals surface area contributed by atoms with Crippen LogP contribution in [0, 0.1) is 0 Å². The zero-order valence-corrected chi connectivity index (χ0v) is 18.4. The minimum atomic E-state index is -0.114. The highest BCUT2D eigenvalue weighted by molar-refractivity contribution is 7.98. The van der Waals surface area contributed by atoms with E-state index < -0.39 is 0 Å². The maximum Gasteiger partial charge on any atom is 0.255 e. The summed E-state index contributed by atoms with van der Waals surface area (Å²) in [5.74, 6) is 2.48. The molecule has 0 amide bonds. The van der Waals surface area contributed by atoms with E-state index in [0.29, 0.717) is 17.9 Å². The van der Waals surface area contributed by atoms with Crippen molar-refractivity contribution in [2.24, 2.45) is 0 Å². The van der Waals surface area contributed by atoms with Gasteiger partial charge >= 0.3 is 0 Å². The molecule has 3 aromatic rings. The number of hydrogen-bond donors (Lipinski definition) is 2. The smallest absolute Gasteiger partial charge is 0.255 e. The van der Waals surface area contributed by atoms with Crippen molar-refractivity contribution in [3.63, 3.8) is 0 Å². The quantitative estimate of drug-likeness (QED) is 0.447. The van der Waals surface area contributed by atoms with Crippen molar-refractivity contribution >= 4 is 40.4 Å². The van der Waals surface area contributed by atoms with Crippen LogP contribution in [0.4, 0.5) is 5.95 Å². The number of aromatic amines is 1. The first-order valence-corrected chi connectivity index (χ1v) is 11.9. The van der Waals surface area contributed by atoms with E-state index in [-0.39, 0.29) is 5.56 Å². The third-order valence-corrected chi connectivity index (χ3v) is 6.38. The number of aromatic nitrogens is 4. The van der Waals surface area contributed by atoms with Crippen molar-refractivity contribution in [2.45, 2.75) is 25.1 Å². The molecule has 0 aromatic carbocycles. The monoisotopic (exact) mass is 436 g/mol. The summed E-state index contributed by atoms with van der Waals surface area (Å²) in [7, 11) is 4.11. The highest BCUT2D eigenvalue weighted by Gasteiger charge is 2.06. The van der Waals surface area contributed by atoms with E-state index in [0.717, 1.165) is 47.4 Å². The SMILES string of the molecule is CN(C)Cc1nc(CSCCCNc2ncc(Cc3cscn3)c(=O)[nH]2)cs1. The molecule has 3 heterocycles. The lowest BCUT2D eigenvalue weighted by Crippen LogP contribution is -2.17. The molecule has 0 unspecified atom stereocenters. The molecule has 2 N–H and O–H groups in total. The molecule has 0 aliphatic heterocycles. The molecule has 7 nitrogen and oxygen atoms in total. The molecule has 10 heteroatoms. The van der Waals surface area contributed by atoms with Gasteiger partial charge in [-0.05, 0) is 26.3 Å². The van der Waals surface area contributed by atoms with Crippen LogP contribution in [0.25, 0.3) is 0 Å². The van der Waals surface area contributed by atoms with Crippen LogP contribution >= 0.6 is 34.4 Å². The lowest BCUT2D eigenvalue weighted by Gasteiger charge is -2.06. The minimum absolute atomic E-state index is 0.114. The summed E-state index contributed by atoms with van der Waals surface area (Å²) in [5, 5.41) is 8.43. The number of nitrogens with zero attached hydrogens (tertiary/aromatic N) is 4. The van der Waals surface area contributed by atoms with Crippen LogP contribution < -0.4 is 10.9 Å². The van der Waals surface area contributed by atoms with E-state index in [4.69, 9.17) is 0 Å². The number of thioether (sulfide) groups is 1.